The second-order valence-corrected chi connectivity index (χ2v) is 2.85. The first-order valence-electron chi connectivity index (χ1n) is 3.81. The van der Waals surface area contributed by atoms with Gasteiger partial charge < -0.3 is 10.2 Å². The number of hydrogen-bond acceptors (Lipinski definition) is 2. The Labute approximate surface area is 82.8 Å². The van der Waals surface area contributed by atoms with Gasteiger partial charge in [0, 0.05) is 0 Å². The van der Waals surface area contributed by atoms with Gasteiger partial charge in [-0.2, -0.15) is 0 Å². The molecule has 1 aromatic rings. The molecule has 0 heterocycles. The van der Waals surface area contributed by atoms with E-state index in [0.717, 1.165) is 6.07 Å². The Kier molecular flexibility index (Phi) is 2.69. The zero-order valence-corrected chi connectivity index (χ0v) is 7.54. The molecule has 15 heavy (non-hydrogen) atoms. The summed E-state index contributed by atoms with van der Waals surface area (Å²) in [5.74, 6) is -6.60. The topological polar surface area (TPSA) is 74.6 Å². The van der Waals surface area contributed by atoms with E-state index in [9.17, 15) is 18.4 Å². The fourth-order valence-corrected chi connectivity index (χ4v) is 1.17. The first-order chi connectivity index (χ1) is 6.86. The summed E-state index contributed by atoms with van der Waals surface area (Å²) in [5, 5.41) is 17.0. The lowest BCUT2D eigenvalue weighted by atomic mass is 10.0. The number of aryl methyl sites for hydroxylation is 1. The van der Waals surface area contributed by atoms with E-state index in [1.54, 1.807) is 0 Å². The van der Waals surface area contributed by atoms with Crippen LogP contribution in [0, 0.1) is 18.6 Å². The molecule has 6 heteroatoms. The maximum absolute atomic E-state index is 13.1. The van der Waals surface area contributed by atoms with Gasteiger partial charge in [0.15, 0.2) is 11.6 Å². The van der Waals surface area contributed by atoms with Crippen molar-refractivity contribution in [2.45, 2.75) is 6.92 Å². The average Bonchev–Trinajstić information content (AvgIpc) is 2.10. The molecule has 0 aromatic heterocycles. The van der Waals surface area contributed by atoms with Gasteiger partial charge >= 0.3 is 11.9 Å². The van der Waals surface area contributed by atoms with Crippen molar-refractivity contribution in [1.29, 1.82) is 0 Å². The van der Waals surface area contributed by atoms with Gasteiger partial charge in [0.1, 0.15) is 5.56 Å². The summed E-state index contributed by atoms with van der Waals surface area (Å²) < 4.78 is 26.1. The fraction of sp³-hybridized carbons (Fsp3) is 0.111. The van der Waals surface area contributed by atoms with Crippen LogP contribution in [0.3, 0.4) is 0 Å². The predicted molar refractivity (Wildman–Crippen MR) is 45.0 cm³/mol. The molecule has 0 atom stereocenters. The molecule has 0 saturated carbocycles. The second-order valence-electron chi connectivity index (χ2n) is 2.85. The molecule has 0 aliphatic carbocycles. The van der Waals surface area contributed by atoms with Crippen molar-refractivity contribution < 1.29 is 28.6 Å². The standard InChI is InChI=1S/C9H6F2O4/c1-3-2-4(8(12)13)6(10)7(11)5(3)9(14)15/h2H,1H3,(H,12,13)(H,14,15). The third kappa shape index (κ3) is 1.78. The molecular formula is C9H6F2O4. The summed E-state index contributed by atoms with van der Waals surface area (Å²) in [4.78, 5) is 21.0. The van der Waals surface area contributed by atoms with Crippen LogP contribution in [0.2, 0.25) is 0 Å². The molecule has 1 aromatic carbocycles. The third-order valence-corrected chi connectivity index (χ3v) is 1.85. The highest BCUT2D eigenvalue weighted by atomic mass is 19.2. The molecule has 0 saturated heterocycles. The van der Waals surface area contributed by atoms with Gasteiger partial charge in [-0.25, -0.2) is 18.4 Å². The molecule has 0 spiro atoms. The van der Waals surface area contributed by atoms with Crippen LogP contribution in [0.4, 0.5) is 8.78 Å². The summed E-state index contributed by atoms with van der Waals surface area (Å²) in [6.07, 6.45) is 0. The molecule has 4 nitrogen and oxygen atoms in total. The van der Waals surface area contributed by atoms with E-state index in [1.165, 1.54) is 6.92 Å². The molecule has 1 rings (SSSR count). The molecular weight excluding hydrogens is 210 g/mol. The Morgan fingerprint density at radius 1 is 1.13 bits per heavy atom. The van der Waals surface area contributed by atoms with Crippen LogP contribution in [0.5, 0.6) is 0 Å². The Balaban J connectivity index is 3.58. The maximum atomic E-state index is 13.1. The van der Waals surface area contributed by atoms with Gasteiger partial charge in [0.05, 0.1) is 5.56 Å². The van der Waals surface area contributed by atoms with Crippen molar-refractivity contribution >= 4 is 11.9 Å². The SMILES string of the molecule is Cc1cc(C(=O)O)c(F)c(F)c1C(=O)O. The van der Waals surface area contributed by atoms with E-state index in [-0.39, 0.29) is 5.56 Å². The van der Waals surface area contributed by atoms with Gasteiger partial charge in [0.2, 0.25) is 0 Å². The highest BCUT2D eigenvalue weighted by Gasteiger charge is 2.23. The van der Waals surface area contributed by atoms with Crippen LogP contribution in [0.1, 0.15) is 26.3 Å². The van der Waals surface area contributed by atoms with Gasteiger partial charge in [-0.05, 0) is 18.6 Å². The van der Waals surface area contributed by atoms with Crippen LogP contribution < -0.4 is 0 Å². The lowest BCUT2D eigenvalue weighted by molar-refractivity contribution is 0.0670. The Morgan fingerprint density at radius 3 is 2.07 bits per heavy atom. The molecule has 0 bridgehead atoms. The van der Waals surface area contributed by atoms with Crippen molar-refractivity contribution in [3.05, 3.63) is 34.4 Å². The first-order valence-corrected chi connectivity index (χ1v) is 3.81. The van der Waals surface area contributed by atoms with E-state index in [0.29, 0.717) is 0 Å². The minimum atomic E-state index is -1.66. The van der Waals surface area contributed by atoms with Gasteiger partial charge in [-0.15, -0.1) is 0 Å². The Hall–Kier alpha value is -1.98. The molecule has 0 radical (unpaired) electrons. The molecule has 0 amide bonds. The van der Waals surface area contributed by atoms with E-state index >= 15 is 0 Å². The lowest BCUT2D eigenvalue weighted by Gasteiger charge is -2.05. The number of hydrogen-bond donors (Lipinski definition) is 2. The monoisotopic (exact) mass is 216 g/mol. The zero-order valence-electron chi connectivity index (χ0n) is 7.54. The van der Waals surface area contributed by atoms with E-state index in [1.807, 2.05) is 0 Å². The van der Waals surface area contributed by atoms with E-state index < -0.39 is 34.7 Å². The summed E-state index contributed by atoms with van der Waals surface area (Å²) in [6, 6.07) is 0.782. The first kappa shape index (κ1) is 11.1. The number of carboxylic acid groups (broad SMARTS) is 2. The Bertz CT molecular complexity index is 454. The summed E-state index contributed by atoms with van der Waals surface area (Å²) in [5.41, 5.74) is -1.87. The molecule has 0 fully saturated rings. The lowest BCUT2D eigenvalue weighted by Crippen LogP contribution is -2.11. The second kappa shape index (κ2) is 3.64. The van der Waals surface area contributed by atoms with Crippen LogP contribution in [0.25, 0.3) is 0 Å². The molecule has 0 unspecified atom stereocenters. The van der Waals surface area contributed by atoms with Gasteiger partial charge in [-0.3, -0.25) is 0 Å². The molecule has 0 aliphatic heterocycles. The largest absolute Gasteiger partial charge is 0.478 e. The minimum Gasteiger partial charge on any atom is -0.478 e. The number of rotatable bonds is 2. The molecule has 0 aliphatic rings. The number of halogens is 2. The zero-order chi connectivity index (χ0) is 11.7. The Morgan fingerprint density at radius 2 is 1.67 bits per heavy atom. The van der Waals surface area contributed by atoms with Crippen molar-refractivity contribution in [3.8, 4) is 0 Å². The van der Waals surface area contributed by atoms with E-state index in [4.69, 9.17) is 10.2 Å². The average molecular weight is 216 g/mol. The van der Waals surface area contributed by atoms with Crippen LogP contribution in [0.15, 0.2) is 6.07 Å². The van der Waals surface area contributed by atoms with Crippen molar-refractivity contribution in [1.82, 2.24) is 0 Å². The van der Waals surface area contributed by atoms with Crippen LogP contribution >= 0.6 is 0 Å². The highest BCUT2D eigenvalue weighted by Crippen LogP contribution is 2.20. The third-order valence-electron chi connectivity index (χ3n) is 1.85. The quantitative estimate of drug-likeness (QED) is 0.788. The molecule has 2 N–H and O–H groups in total. The highest BCUT2D eigenvalue weighted by molar-refractivity contribution is 5.93. The maximum Gasteiger partial charge on any atom is 0.339 e. The van der Waals surface area contributed by atoms with Crippen LogP contribution in [-0.2, 0) is 0 Å². The summed E-state index contributed by atoms with van der Waals surface area (Å²) in [6.45, 7) is 1.19. The summed E-state index contributed by atoms with van der Waals surface area (Å²) in [7, 11) is 0. The van der Waals surface area contributed by atoms with Crippen molar-refractivity contribution in [3.63, 3.8) is 0 Å². The van der Waals surface area contributed by atoms with E-state index in [2.05, 4.69) is 0 Å². The summed E-state index contributed by atoms with van der Waals surface area (Å²) >= 11 is 0. The van der Waals surface area contributed by atoms with Gasteiger partial charge in [0.25, 0.3) is 0 Å². The van der Waals surface area contributed by atoms with Gasteiger partial charge in [-0.1, -0.05) is 0 Å². The number of aromatic carboxylic acids is 2. The van der Waals surface area contributed by atoms with Crippen molar-refractivity contribution in [2.75, 3.05) is 0 Å². The normalized spacial score (nSPS) is 10.1. The predicted octanol–water partition coefficient (Wildman–Crippen LogP) is 1.67. The number of carbonyl (C=O) groups is 2. The minimum absolute atomic E-state index is 0.140. The van der Waals surface area contributed by atoms with Crippen molar-refractivity contribution in [2.24, 2.45) is 0 Å². The number of benzene rings is 1. The number of carboxylic acids is 2. The fourth-order valence-electron chi connectivity index (χ4n) is 1.17. The smallest absolute Gasteiger partial charge is 0.339 e. The van der Waals surface area contributed by atoms with Crippen LogP contribution in [-0.4, -0.2) is 22.2 Å². The molecule has 80 valence electrons.